The average molecular weight is 447 g/mol. The van der Waals surface area contributed by atoms with E-state index in [0.717, 1.165) is 49.8 Å². The van der Waals surface area contributed by atoms with Gasteiger partial charge in [-0.15, -0.1) is 0 Å². The Morgan fingerprint density at radius 1 is 1.16 bits per heavy atom. The molecule has 1 N–H and O–H groups in total. The molecule has 1 fully saturated rings. The van der Waals surface area contributed by atoms with E-state index < -0.39 is 4.92 Å². The first kappa shape index (κ1) is 21.4. The van der Waals surface area contributed by atoms with Crippen LogP contribution in [-0.4, -0.2) is 59.6 Å². The minimum Gasteiger partial charge on any atom is -0.454 e. The molecule has 0 aromatic heterocycles. The number of non-ortho nitro benzene ring substituents is 1. The number of nitrogens with one attached hydrogen (secondary N) is 1. The van der Waals surface area contributed by atoms with Crippen LogP contribution in [0.25, 0.3) is 0 Å². The third-order valence-corrected chi connectivity index (χ3v) is 5.91. The van der Waals surface area contributed by atoms with Gasteiger partial charge in [-0.1, -0.05) is 17.7 Å². The van der Waals surface area contributed by atoms with Crippen LogP contribution in [0.1, 0.15) is 12.5 Å². The smallest absolute Gasteiger partial charge is 0.271 e. The molecule has 1 saturated heterocycles. The lowest BCUT2D eigenvalue weighted by Crippen LogP contribution is -2.52. The number of benzene rings is 2. The number of hydrogen-bond acceptors (Lipinski definition) is 7. The predicted octanol–water partition coefficient (Wildman–Crippen LogP) is 3.12. The monoisotopic (exact) mass is 446 g/mol. The van der Waals surface area contributed by atoms with Gasteiger partial charge in [0.2, 0.25) is 12.7 Å². The first-order valence-corrected chi connectivity index (χ1v) is 10.4. The molecule has 2 aliphatic heterocycles. The summed E-state index contributed by atoms with van der Waals surface area (Å²) in [5.41, 5.74) is 1.41. The molecule has 164 valence electrons. The molecule has 0 saturated carbocycles. The lowest BCUT2D eigenvalue weighted by atomic mass is 10.1. The number of amides is 1. The molecule has 0 radical (unpaired) electrons. The SMILES string of the molecule is CC(C(=O)Nc1ccc([N+](=O)[O-])cc1Cl)N1CCN(Cc2ccc3c(c2)OCO3)CC1. The van der Waals surface area contributed by atoms with Gasteiger partial charge in [0.25, 0.3) is 5.69 Å². The van der Waals surface area contributed by atoms with E-state index in [-0.39, 0.29) is 29.5 Å². The maximum atomic E-state index is 12.7. The number of carbonyl (C=O) groups excluding carboxylic acids is 1. The number of piperazine rings is 1. The van der Waals surface area contributed by atoms with Gasteiger partial charge in [-0.25, -0.2) is 0 Å². The first-order chi connectivity index (χ1) is 14.9. The molecule has 1 atom stereocenters. The zero-order valence-corrected chi connectivity index (χ0v) is 17.8. The molecule has 2 aromatic rings. The Morgan fingerprint density at radius 2 is 1.90 bits per heavy atom. The third kappa shape index (κ3) is 4.90. The first-order valence-electron chi connectivity index (χ1n) is 10.0. The maximum Gasteiger partial charge on any atom is 0.271 e. The van der Waals surface area contributed by atoms with Gasteiger partial charge in [0, 0.05) is 44.9 Å². The van der Waals surface area contributed by atoms with Gasteiger partial charge in [0.15, 0.2) is 11.5 Å². The number of rotatable bonds is 6. The predicted molar refractivity (Wildman–Crippen MR) is 116 cm³/mol. The van der Waals surface area contributed by atoms with Crippen LogP contribution < -0.4 is 14.8 Å². The highest BCUT2D eigenvalue weighted by Crippen LogP contribution is 2.33. The van der Waals surface area contributed by atoms with Crippen molar-refractivity contribution in [1.82, 2.24) is 9.80 Å². The molecule has 0 aliphatic carbocycles. The van der Waals surface area contributed by atoms with E-state index in [2.05, 4.69) is 15.1 Å². The second kappa shape index (κ2) is 9.09. The number of ether oxygens (including phenoxy) is 2. The van der Waals surface area contributed by atoms with Crippen molar-refractivity contribution in [2.24, 2.45) is 0 Å². The van der Waals surface area contributed by atoms with E-state index in [9.17, 15) is 14.9 Å². The quantitative estimate of drug-likeness (QED) is 0.537. The van der Waals surface area contributed by atoms with Crippen LogP contribution in [0.2, 0.25) is 5.02 Å². The number of hydrogen-bond donors (Lipinski definition) is 1. The van der Waals surface area contributed by atoms with E-state index >= 15 is 0 Å². The molecule has 9 nitrogen and oxygen atoms in total. The maximum absolute atomic E-state index is 12.7. The fourth-order valence-electron chi connectivity index (χ4n) is 3.73. The summed E-state index contributed by atoms with van der Waals surface area (Å²) >= 11 is 6.08. The van der Waals surface area contributed by atoms with E-state index in [1.807, 2.05) is 25.1 Å². The molecule has 0 bridgehead atoms. The van der Waals surface area contributed by atoms with Gasteiger partial charge in [0.05, 0.1) is 21.7 Å². The van der Waals surface area contributed by atoms with E-state index in [0.29, 0.717) is 5.69 Å². The average Bonchev–Trinajstić information content (AvgIpc) is 3.23. The van der Waals surface area contributed by atoms with Gasteiger partial charge in [-0.3, -0.25) is 24.7 Å². The van der Waals surface area contributed by atoms with Crippen molar-refractivity contribution in [2.75, 3.05) is 38.3 Å². The van der Waals surface area contributed by atoms with Crippen molar-refractivity contribution in [3.05, 3.63) is 57.1 Å². The van der Waals surface area contributed by atoms with Crippen molar-refractivity contribution < 1.29 is 19.2 Å². The summed E-state index contributed by atoms with van der Waals surface area (Å²) in [4.78, 5) is 27.4. The van der Waals surface area contributed by atoms with Crippen LogP contribution in [0.15, 0.2) is 36.4 Å². The molecule has 10 heteroatoms. The van der Waals surface area contributed by atoms with Crippen molar-refractivity contribution in [2.45, 2.75) is 19.5 Å². The number of fused-ring (bicyclic) bond motifs is 1. The summed E-state index contributed by atoms with van der Waals surface area (Å²) in [7, 11) is 0. The number of halogens is 1. The summed E-state index contributed by atoms with van der Waals surface area (Å²) in [5, 5.41) is 13.7. The molecular weight excluding hydrogens is 424 g/mol. The lowest BCUT2D eigenvalue weighted by Gasteiger charge is -2.37. The highest BCUT2D eigenvalue weighted by Gasteiger charge is 2.26. The zero-order chi connectivity index (χ0) is 22.0. The van der Waals surface area contributed by atoms with Gasteiger partial charge >= 0.3 is 0 Å². The van der Waals surface area contributed by atoms with E-state index in [1.165, 1.54) is 18.2 Å². The molecule has 4 rings (SSSR count). The highest BCUT2D eigenvalue weighted by molar-refractivity contribution is 6.34. The fourth-order valence-corrected chi connectivity index (χ4v) is 3.95. The Balaban J connectivity index is 1.29. The number of nitro benzene ring substituents is 1. The number of carbonyl (C=O) groups is 1. The molecule has 31 heavy (non-hydrogen) atoms. The van der Waals surface area contributed by atoms with Crippen molar-refractivity contribution >= 4 is 28.9 Å². The van der Waals surface area contributed by atoms with Crippen molar-refractivity contribution in [3.63, 3.8) is 0 Å². The van der Waals surface area contributed by atoms with Crippen LogP contribution in [-0.2, 0) is 11.3 Å². The van der Waals surface area contributed by atoms with Crippen LogP contribution in [0.3, 0.4) is 0 Å². The normalized spacial score (nSPS) is 17.4. The molecule has 2 aromatic carbocycles. The Hall–Kier alpha value is -2.88. The van der Waals surface area contributed by atoms with Crippen molar-refractivity contribution in [3.8, 4) is 11.5 Å². The van der Waals surface area contributed by atoms with Gasteiger partial charge in [-0.05, 0) is 30.7 Å². The fraction of sp³-hybridized carbons (Fsp3) is 0.381. The number of anilines is 1. The van der Waals surface area contributed by atoms with Gasteiger partial charge in [-0.2, -0.15) is 0 Å². The van der Waals surface area contributed by atoms with Gasteiger partial charge in [0.1, 0.15) is 0 Å². The highest BCUT2D eigenvalue weighted by atomic mass is 35.5. The Morgan fingerprint density at radius 3 is 2.61 bits per heavy atom. The standard InChI is InChI=1S/C21H23ClN4O5/c1-14(21(27)23-18-4-3-16(26(28)29)11-17(18)22)25-8-6-24(7-9-25)12-15-2-5-19-20(10-15)31-13-30-19/h2-5,10-11,14H,6-9,12-13H2,1H3,(H,23,27). The third-order valence-electron chi connectivity index (χ3n) is 5.60. The van der Waals surface area contributed by atoms with Crippen LogP contribution in [0.5, 0.6) is 11.5 Å². The summed E-state index contributed by atoms with van der Waals surface area (Å²) in [5.74, 6) is 1.37. The minimum atomic E-state index is -0.525. The van der Waals surface area contributed by atoms with E-state index in [1.54, 1.807) is 0 Å². The zero-order valence-electron chi connectivity index (χ0n) is 17.0. The molecular formula is C21H23ClN4O5. The summed E-state index contributed by atoms with van der Waals surface area (Å²) in [6.45, 7) is 6.11. The Kier molecular flexibility index (Phi) is 6.26. The Bertz CT molecular complexity index is 994. The topological polar surface area (TPSA) is 97.2 Å². The van der Waals surface area contributed by atoms with Crippen molar-refractivity contribution in [1.29, 1.82) is 0 Å². The molecule has 0 spiro atoms. The minimum absolute atomic E-state index is 0.116. The van der Waals surface area contributed by atoms with Crippen LogP contribution >= 0.6 is 11.6 Å². The van der Waals surface area contributed by atoms with E-state index in [4.69, 9.17) is 21.1 Å². The summed E-state index contributed by atoms with van der Waals surface area (Å²) in [6, 6.07) is 9.65. The number of nitrogens with zero attached hydrogens (tertiary/aromatic N) is 3. The molecule has 1 unspecified atom stereocenters. The molecule has 1 amide bonds. The second-order valence-corrected chi connectivity index (χ2v) is 7.99. The van der Waals surface area contributed by atoms with Gasteiger partial charge < -0.3 is 14.8 Å². The lowest BCUT2D eigenvalue weighted by molar-refractivity contribution is -0.384. The van der Waals surface area contributed by atoms with Crippen LogP contribution in [0, 0.1) is 10.1 Å². The van der Waals surface area contributed by atoms with Crippen LogP contribution in [0.4, 0.5) is 11.4 Å². The molecule has 2 aliphatic rings. The Labute approximate surface area is 184 Å². The largest absolute Gasteiger partial charge is 0.454 e. The summed E-state index contributed by atoms with van der Waals surface area (Å²) in [6.07, 6.45) is 0. The summed E-state index contributed by atoms with van der Waals surface area (Å²) < 4.78 is 10.8. The second-order valence-electron chi connectivity index (χ2n) is 7.59. The molecule has 2 heterocycles. The number of nitro groups is 1.